The van der Waals surface area contributed by atoms with E-state index in [9.17, 15) is 22.0 Å². The number of carbonyl (C=O) groups excluding carboxylic acids is 1. The van der Waals surface area contributed by atoms with Crippen molar-refractivity contribution in [2.75, 3.05) is 11.2 Å². The molecule has 13 heteroatoms. The average Bonchev–Trinajstić information content (AvgIpc) is 3.60. The lowest BCUT2D eigenvalue weighted by Gasteiger charge is -2.35. The Bertz CT molecular complexity index is 1910. The third-order valence-corrected chi connectivity index (χ3v) is 8.77. The average molecular weight is 598 g/mol. The second-order valence-electron chi connectivity index (χ2n) is 10.2. The summed E-state index contributed by atoms with van der Waals surface area (Å²) < 4.78 is 59.1. The third-order valence-electron chi connectivity index (χ3n) is 7.07. The number of sulfone groups is 1. The van der Waals surface area contributed by atoms with E-state index in [4.69, 9.17) is 9.51 Å². The number of nitrogens with zero attached hydrogens (tertiary/aromatic N) is 5. The zero-order valence-electron chi connectivity index (χ0n) is 22.4. The van der Waals surface area contributed by atoms with Crippen molar-refractivity contribution in [1.29, 1.82) is 0 Å². The van der Waals surface area contributed by atoms with E-state index in [0.29, 0.717) is 46.3 Å². The molecule has 2 aromatic carbocycles. The molecule has 9 nitrogen and oxygen atoms in total. The van der Waals surface area contributed by atoms with Crippen molar-refractivity contribution < 1.29 is 26.5 Å². The molecule has 1 unspecified atom stereocenters. The zero-order chi connectivity index (χ0) is 29.1. The lowest BCUT2D eigenvalue weighted by atomic mass is 9.99. The van der Waals surface area contributed by atoms with E-state index in [1.54, 1.807) is 5.38 Å². The van der Waals surface area contributed by atoms with Gasteiger partial charge in [0.1, 0.15) is 11.6 Å². The number of fused-ring (bicyclic) bond motifs is 1. The topological polar surface area (TPSA) is 111 Å². The van der Waals surface area contributed by atoms with Gasteiger partial charge < -0.3 is 9.42 Å². The molecule has 1 fully saturated rings. The zero-order valence-corrected chi connectivity index (χ0v) is 24.0. The standard InChI is InChI=1S/C28H25F2N5O4S2/c1-15-26(16(2)39-33-15)17-7-10-23-22(11-17)32-27(35(23)28-31-18(13-40-28)14-41(3,37)38)24-5-4-6-25(36)34(24)19-8-9-20(29)21(30)12-19/h7-13,24H,4-6,14H2,1-3H3. The van der Waals surface area contributed by atoms with Gasteiger partial charge in [0.05, 0.1) is 34.2 Å². The number of carbonyl (C=O) groups is 1. The number of rotatable bonds is 6. The van der Waals surface area contributed by atoms with Crippen LogP contribution in [-0.4, -0.2) is 40.3 Å². The van der Waals surface area contributed by atoms with Gasteiger partial charge in [-0.05, 0) is 56.5 Å². The lowest BCUT2D eigenvalue weighted by Crippen LogP contribution is -2.39. The SMILES string of the molecule is Cc1noc(C)c1-c1ccc2c(c1)nc(C1CCCC(=O)N1c1ccc(F)c(F)c1)n2-c1nc(CS(C)(=O)=O)cs1. The number of halogens is 2. The van der Waals surface area contributed by atoms with Crippen LogP contribution in [0.15, 0.2) is 46.3 Å². The molecule has 41 heavy (non-hydrogen) atoms. The number of benzene rings is 2. The maximum Gasteiger partial charge on any atom is 0.227 e. The molecule has 0 radical (unpaired) electrons. The van der Waals surface area contributed by atoms with E-state index in [1.807, 2.05) is 36.6 Å². The predicted molar refractivity (Wildman–Crippen MR) is 151 cm³/mol. The van der Waals surface area contributed by atoms with Gasteiger partial charge in [0.2, 0.25) is 5.91 Å². The van der Waals surface area contributed by atoms with Gasteiger partial charge in [-0.25, -0.2) is 27.2 Å². The molecule has 1 aliphatic heterocycles. The molecule has 212 valence electrons. The Kier molecular flexibility index (Phi) is 6.73. The summed E-state index contributed by atoms with van der Waals surface area (Å²) in [4.78, 5) is 24.3. The molecular weight excluding hydrogens is 572 g/mol. The molecule has 1 atom stereocenters. The number of amides is 1. The minimum atomic E-state index is -3.32. The number of anilines is 1. The maximum absolute atomic E-state index is 14.3. The largest absolute Gasteiger partial charge is 0.361 e. The van der Waals surface area contributed by atoms with Gasteiger partial charge in [0.15, 0.2) is 26.6 Å². The van der Waals surface area contributed by atoms with Crippen LogP contribution in [0, 0.1) is 25.5 Å². The first kappa shape index (κ1) is 27.2. The second-order valence-corrected chi connectivity index (χ2v) is 13.1. The van der Waals surface area contributed by atoms with Crippen LogP contribution < -0.4 is 4.90 Å². The first-order valence-corrected chi connectivity index (χ1v) is 15.8. The Labute approximate surface area is 238 Å². The highest BCUT2D eigenvalue weighted by Gasteiger charge is 2.35. The molecule has 5 aromatic rings. The number of piperidine rings is 1. The predicted octanol–water partition coefficient (Wildman–Crippen LogP) is 5.83. The number of hydrogen-bond acceptors (Lipinski definition) is 8. The fraction of sp³-hybridized carbons (Fsp3) is 0.286. The van der Waals surface area contributed by atoms with Gasteiger partial charge in [-0.1, -0.05) is 11.2 Å². The fourth-order valence-corrected chi connectivity index (χ4v) is 7.02. The highest BCUT2D eigenvalue weighted by molar-refractivity contribution is 7.89. The van der Waals surface area contributed by atoms with Gasteiger partial charge in [-0.3, -0.25) is 9.36 Å². The molecule has 0 saturated carbocycles. The molecule has 1 saturated heterocycles. The van der Waals surface area contributed by atoms with Crippen LogP contribution in [0.2, 0.25) is 0 Å². The first-order chi connectivity index (χ1) is 19.5. The van der Waals surface area contributed by atoms with Crippen LogP contribution in [-0.2, 0) is 20.4 Å². The Morgan fingerprint density at radius 2 is 1.90 bits per heavy atom. The fourth-order valence-electron chi connectivity index (χ4n) is 5.38. The molecular formula is C28H25F2N5O4S2. The van der Waals surface area contributed by atoms with Gasteiger partial charge >= 0.3 is 0 Å². The van der Waals surface area contributed by atoms with E-state index in [2.05, 4.69) is 10.1 Å². The van der Waals surface area contributed by atoms with E-state index in [-0.39, 0.29) is 23.8 Å². The summed E-state index contributed by atoms with van der Waals surface area (Å²) in [6.07, 6.45) is 2.50. The Morgan fingerprint density at radius 1 is 1.10 bits per heavy atom. The van der Waals surface area contributed by atoms with Crippen LogP contribution in [0.3, 0.4) is 0 Å². The summed E-state index contributed by atoms with van der Waals surface area (Å²) in [6.45, 7) is 3.68. The molecule has 4 heterocycles. The van der Waals surface area contributed by atoms with Crippen molar-refractivity contribution in [3.63, 3.8) is 0 Å². The second kappa shape index (κ2) is 10.1. The number of thiazole rings is 1. The summed E-state index contributed by atoms with van der Waals surface area (Å²) in [5.41, 5.74) is 4.35. The quantitative estimate of drug-likeness (QED) is 0.242. The van der Waals surface area contributed by atoms with E-state index < -0.39 is 27.5 Å². The number of hydrogen-bond donors (Lipinski definition) is 0. The highest BCUT2D eigenvalue weighted by Crippen LogP contribution is 2.40. The van der Waals surface area contributed by atoms with Crippen molar-refractivity contribution >= 4 is 43.8 Å². The monoisotopic (exact) mass is 597 g/mol. The van der Waals surface area contributed by atoms with E-state index in [0.717, 1.165) is 35.2 Å². The Morgan fingerprint density at radius 3 is 2.61 bits per heavy atom. The van der Waals surface area contributed by atoms with Crippen molar-refractivity contribution in [3.8, 4) is 16.3 Å². The van der Waals surface area contributed by atoms with Crippen LogP contribution in [0.1, 0.15) is 48.3 Å². The third kappa shape index (κ3) is 5.04. The van der Waals surface area contributed by atoms with E-state index in [1.165, 1.54) is 22.3 Å². The summed E-state index contributed by atoms with van der Waals surface area (Å²) >= 11 is 1.26. The normalized spacial score (nSPS) is 16.2. The molecule has 0 N–H and O–H groups in total. The summed E-state index contributed by atoms with van der Waals surface area (Å²) in [5, 5.41) is 6.22. The lowest BCUT2D eigenvalue weighted by molar-refractivity contribution is -0.120. The van der Waals surface area contributed by atoms with Gasteiger partial charge in [0.25, 0.3) is 0 Å². The van der Waals surface area contributed by atoms with Gasteiger partial charge in [-0.2, -0.15) is 0 Å². The molecule has 3 aromatic heterocycles. The number of aromatic nitrogens is 4. The van der Waals surface area contributed by atoms with Crippen molar-refractivity contribution in [3.05, 3.63) is 76.4 Å². The van der Waals surface area contributed by atoms with Gasteiger partial charge in [-0.15, -0.1) is 11.3 Å². The van der Waals surface area contributed by atoms with Crippen LogP contribution in [0.5, 0.6) is 0 Å². The summed E-state index contributed by atoms with van der Waals surface area (Å²) in [6, 6.07) is 8.49. The molecule has 6 rings (SSSR count). The van der Waals surface area contributed by atoms with Crippen molar-refractivity contribution in [1.82, 2.24) is 19.7 Å². The Balaban J connectivity index is 1.56. The van der Waals surface area contributed by atoms with Crippen LogP contribution in [0.25, 0.3) is 27.3 Å². The summed E-state index contributed by atoms with van der Waals surface area (Å²) in [5.74, 6) is -1.37. The van der Waals surface area contributed by atoms with Crippen molar-refractivity contribution in [2.24, 2.45) is 0 Å². The number of aryl methyl sites for hydroxylation is 2. The van der Waals surface area contributed by atoms with Crippen LogP contribution in [0.4, 0.5) is 14.5 Å². The smallest absolute Gasteiger partial charge is 0.227 e. The highest BCUT2D eigenvalue weighted by atomic mass is 32.2. The van der Waals surface area contributed by atoms with Gasteiger partial charge in [0, 0.05) is 35.4 Å². The molecule has 0 bridgehead atoms. The Hall–Kier alpha value is -3.97. The minimum Gasteiger partial charge on any atom is -0.361 e. The molecule has 1 aliphatic rings. The molecule has 0 aliphatic carbocycles. The first-order valence-electron chi connectivity index (χ1n) is 12.9. The maximum atomic E-state index is 14.3. The molecule has 0 spiro atoms. The van der Waals surface area contributed by atoms with E-state index >= 15 is 0 Å². The minimum absolute atomic E-state index is 0.218. The van der Waals surface area contributed by atoms with Crippen LogP contribution >= 0.6 is 11.3 Å². The number of imidazole rings is 1. The molecule has 1 amide bonds. The summed E-state index contributed by atoms with van der Waals surface area (Å²) in [7, 11) is -3.32. The van der Waals surface area contributed by atoms with Crippen molar-refractivity contribution in [2.45, 2.75) is 44.9 Å².